The first-order valence-corrected chi connectivity index (χ1v) is 7.46. The van der Waals surface area contributed by atoms with Crippen LogP contribution in [-0.2, 0) is 6.42 Å². The van der Waals surface area contributed by atoms with Gasteiger partial charge in [-0.15, -0.1) is 11.6 Å². The minimum Gasteiger partial charge on any atom is -0.207 e. The summed E-state index contributed by atoms with van der Waals surface area (Å²) in [7, 11) is 0. The molecule has 0 aliphatic carbocycles. The zero-order chi connectivity index (χ0) is 14.7. The number of benzene rings is 2. The molecule has 0 heterocycles. The molecule has 2 aromatic carbocycles. The predicted molar refractivity (Wildman–Crippen MR) is 84.1 cm³/mol. The van der Waals surface area contributed by atoms with Crippen molar-refractivity contribution in [3.8, 4) is 0 Å². The van der Waals surface area contributed by atoms with Gasteiger partial charge in [0.25, 0.3) is 0 Å². The molecule has 0 fully saturated rings. The highest BCUT2D eigenvalue weighted by Crippen LogP contribution is 2.32. The van der Waals surface area contributed by atoms with Crippen LogP contribution >= 0.6 is 23.2 Å². The van der Waals surface area contributed by atoms with Crippen LogP contribution in [0.1, 0.15) is 35.9 Å². The van der Waals surface area contributed by atoms with E-state index in [2.05, 4.69) is 13.8 Å². The Labute approximate surface area is 129 Å². The Balaban J connectivity index is 2.24. The summed E-state index contributed by atoms with van der Waals surface area (Å²) in [4.78, 5) is 0. The molecule has 0 N–H and O–H groups in total. The number of hydrogen-bond acceptors (Lipinski definition) is 0. The molecule has 0 aliphatic heterocycles. The van der Waals surface area contributed by atoms with Gasteiger partial charge >= 0.3 is 0 Å². The quantitative estimate of drug-likeness (QED) is 0.607. The van der Waals surface area contributed by atoms with E-state index in [1.54, 1.807) is 6.07 Å². The molecule has 0 aliphatic rings. The first-order chi connectivity index (χ1) is 9.47. The summed E-state index contributed by atoms with van der Waals surface area (Å²) in [5, 5.41) is -0.0368. The van der Waals surface area contributed by atoms with Crippen LogP contribution in [0.15, 0.2) is 42.5 Å². The fourth-order valence-corrected chi connectivity index (χ4v) is 2.68. The van der Waals surface area contributed by atoms with Crippen molar-refractivity contribution in [2.75, 3.05) is 0 Å². The van der Waals surface area contributed by atoms with Crippen LogP contribution in [-0.4, -0.2) is 0 Å². The molecule has 0 amide bonds. The first kappa shape index (κ1) is 15.3. The minimum atomic E-state index is -0.526. The van der Waals surface area contributed by atoms with Crippen molar-refractivity contribution in [1.29, 1.82) is 0 Å². The fourth-order valence-electron chi connectivity index (χ4n) is 2.18. The number of alkyl halides is 1. The van der Waals surface area contributed by atoms with Gasteiger partial charge in [-0.2, -0.15) is 0 Å². The summed E-state index contributed by atoms with van der Waals surface area (Å²) >= 11 is 12.3. The average Bonchev–Trinajstić information content (AvgIpc) is 2.41. The van der Waals surface area contributed by atoms with Gasteiger partial charge in [-0.25, -0.2) is 4.39 Å². The highest BCUT2D eigenvalue weighted by molar-refractivity contribution is 6.30. The molecule has 3 heteroatoms. The Hall–Kier alpha value is -1.05. The number of rotatable bonds is 4. The highest BCUT2D eigenvalue weighted by atomic mass is 35.5. The van der Waals surface area contributed by atoms with E-state index in [9.17, 15) is 4.39 Å². The zero-order valence-electron chi connectivity index (χ0n) is 11.5. The maximum atomic E-state index is 13.8. The SMILES string of the molecule is CC(C)Cc1ccc(C(Cl)c2cc(Cl)ccc2F)cc1. The molecule has 2 aromatic rings. The highest BCUT2D eigenvalue weighted by Gasteiger charge is 2.15. The Morgan fingerprint density at radius 3 is 2.30 bits per heavy atom. The molecule has 0 bridgehead atoms. The maximum Gasteiger partial charge on any atom is 0.128 e. The lowest BCUT2D eigenvalue weighted by Gasteiger charge is -2.13. The standard InChI is InChI=1S/C17H17Cl2F/c1-11(2)9-12-3-5-13(6-4-12)17(19)15-10-14(18)7-8-16(15)20/h3-8,10-11,17H,9H2,1-2H3. The largest absolute Gasteiger partial charge is 0.207 e. The van der Waals surface area contributed by atoms with Gasteiger partial charge in [-0.3, -0.25) is 0 Å². The maximum absolute atomic E-state index is 13.8. The van der Waals surface area contributed by atoms with Gasteiger partial charge < -0.3 is 0 Å². The van der Waals surface area contributed by atoms with Gasteiger partial charge in [0.05, 0.1) is 5.38 Å². The van der Waals surface area contributed by atoms with Crippen molar-refractivity contribution < 1.29 is 4.39 Å². The molecule has 0 aromatic heterocycles. The summed E-state index contributed by atoms with van der Waals surface area (Å²) in [6.45, 7) is 4.36. The van der Waals surface area contributed by atoms with Gasteiger partial charge in [0.15, 0.2) is 0 Å². The smallest absolute Gasteiger partial charge is 0.128 e. The number of hydrogen-bond donors (Lipinski definition) is 0. The van der Waals surface area contributed by atoms with Crippen molar-refractivity contribution in [1.82, 2.24) is 0 Å². The van der Waals surface area contributed by atoms with Crippen LogP contribution in [0, 0.1) is 11.7 Å². The van der Waals surface area contributed by atoms with E-state index >= 15 is 0 Å². The van der Waals surface area contributed by atoms with Crippen LogP contribution in [0.5, 0.6) is 0 Å². The van der Waals surface area contributed by atoms with Gasteiger partial charge in [0.2, 0.25) is 0 Å². The molecule has 0 spiro atoms. The van der Waals surface area contributed by atoms with Crippen LogP contribution in [0.25, 0.3) is 0 Å². The van der Waals surface area contributed by atoms with E-state index in [-0.39, 0.29) is 5.82 Å². The Kier molecular flexibility index (Phi) is 5.06. The molecule has 2 rings (SSSR count). The summed E-state index contributed by atoms with van der Waals surface area (Å²) < 4.78 is 13.8. The monoisotopic (exact) mass is 310 g/mol. The summed E-state index contributed by atoms with van der Waals surface area (Å²) in [5.74, 6) is 0.277. The predicted octanol–water partition coefficient (Wildman–Crippen LogP) is 6.01. The first-order valence-electron chi connectivity index (χ1n) is 6.65. The van der Waals surface area contributed by atoms with E-state index in [1.165, 1.54) is 17.7 Å². The summed E-state index contributed by atoms with van der Waals surface area (Å²) in [6.07, 6.45) is 1.03. The van der Waals surface area contributed by atoms with Crippen molar-refractivity contribution in [2.24, 2.45) is 5.92 Å². The van der Waals surface area contributed by atoms with Crippen molar-refractivity contribution in [3.05, 3.63) is 70.0 Å². The lowest BCUT2D eigenvalue weighted by atomic mass is 9.99. The topological polar surface area (TPSA) is 0 Å². The normalized spacial score (nSPS) is 12.7. The summed E-state index contributed by atoms with van der Waals surface area (Å²) in [6, 6.07) is 12.5. The second kappa shape index (κ2) is 6.60. The second-order valence-corrected chi connectivity index (χ2v) is 6.24. The lowest BCUT2D eigenvalue weighted by molar-refractivity contribution is 0.612. The second-order valence-electron chi connectivity index (χ2n) is 5.37. The third-order valence-electron chi connectivity index (χ3n) is 3.15. The Morgan fingerprint density at radius 1 is 1.05 bits per heavy atom. The van der Waals surface area contributed by atoms with E-state index in [1.807, 2.05) is 24.3 Å². The van der Waals surface area contributed by atoms with E-state index in [0.29, 0.717) is 16.5 Å². The molecule has 0 saturated carbocycles. The van der Waals surface area contributed by atoms with Gasteiger partial charge in [-0.1, -0.05) is 49.7 Å². The van der Waals surface area contributed by atoms with Gasteiger partial charge in [0.1, 0.15) is 5.82 Å². The molecule has 0 nitrogen and oxygen atoms in total. The Morgan fingerprint density at radius 2 is 1.70 bits per heavy atom. The van der Waals surface area contributed by atoms with E-state index < -0.39 is 5.38 Å². The number of halogens is 3. The van der Waals surface area contributed by atoms with E-state index in [4.69, 9.17) is 23.2 Å². The van der Waals surface area contributed by atoms with Crippen molar-refractivity contribution in [2.45, 2.75) is 25.6 Å². The molecule has 1 unspecified atom stereocenters. The Bertz CT molecular complexity index is 576. The van der Waals surface area contributed by atoms with Gasteiger partial charge in [-0.05, 0) is 41.7 Å². The molecule has 0 saturated heterocycles. The van der Waals surface area contributed by atoms with Crippen LogP contribution in [0.2, 0.25) is 5.02 Å². The molecular weight excluding hydrogens is 294 g/mol. The van der Waals surface area contributed by atoms with Gasteiger partial charge in [0, 0.05) is 10.6 Å². The van der Waals surface area contributed by atoms with Crippen LogP contribution in [0.4, 0.5) is 4.39 Å². The third-order valence-corrected chi connectivity index (χ3v) is 3.87. The molecule has 20 heavy (non-hydrogen) atoms. The van der Waals surface area contributed by atoms with Crippen molar-refractivity contribution in [3.63, 3.8) is 0 Å². The minimum absolute atomic E-state index is 0.333. The van der Waals surface area contributed by atoms with Crippen LogP contribution < -0.4 is 0 Å². The molecular formula is C17H17Cl2F. The lowest BCUT2D eigenvalue weighted by Crippen LogP contribution is -1.99. The fraction of sp³-hybridized carbons (Fsp3) is 0.294. The summed E-state index contributed by atoms with van der Waals surface area (Å²) in [5.41, 5.74) is 2.55. The van der Waals surface area contributed by atoms with Crippen LogP contribution in [0.3, 0.4) is 0 Å². The van der Waals surface area contributed by atoms with E-state index in [0.717, 1.165) is 12.0 Å². The zero-order valence-corrected chi connectivity index (χ0v) is 13.0. The molecule has 1 atom stereocenters. The molecule has 0 radical (unpaired) electrons. The average molecular weight is 311 g/mol. The molecule has 106 valence electrons. The van der Waals surface area contributed by atoms with Crippen molar-refractivity contribution >= 4 is 23.2 Å². The third kappa shape index (κ3) is 3.74.